The minimum absolute atomic E-state index is 0.0979. The summed E-state index contributed by atoms with van der Waals surface area (Å²) in [5.74, 6) is 2.23. The zero-order valence-corrected chi connectivity index (χ0v) is 33.9. The van der Waals surface area contributed by atoms with E-state index < -0.39 is 38.9 Å². The maximum atomic E-state index is 14.7. The third-order valence-electron chi connectivity index (χ3n) is 11.2. The summed E-state index contributed by atoms with van der Waals surface area (Å²) in [6.07, 6.45) is 8.77. The SMILES string of the molecule is CC12CC[C@@H](O[Si](C)(C)C)CC1CCC1C2C(=O)CC2(C)C1CC[C@]2(O[Si](C)(C)C)C(CO[Si](C)(C)C)O[Si](C)(C)C. The number of hydrogen-bond acceptors (Lipinski definition) is 5. The lowest BCUT2D eigenvalue weighted by molar-refractivity contribution is -0.187. The van der Waals surface area contributed by atoms with Crippen LogP contribution in [0.15, 0.2) is 0 Å². The molecule has 4 fully saturated rings. The van der Waals surface area contributed by atoms with Gasteiger partial charge in [0, 0.05) is 23.9 Å². The van der Waals surface area contributed by atoms with Gasteiger partial charge in [0.05, 0.1) is 18.3 Å². The topological polar surface area (TPSA) is 54.0 Å². The van der Waals surface area contributed by atoms with Crippen LogP contribution in [0, 0.1) is 34.5 Å². The lowest BCUT2D eigenvalue weighted by atomic mass is 9.44. The molecule has 7 unspecified atom stereocenters. The minimum Gasteiger partial charge on any atom is -0.415 e. The highest BCUT2D eigenvalue weighted by atomic mass is 28.4. The van der Waals surface area contributed by atoms with Crippen LogP contribution in [0.1, 0.15) is 65.2 Å². The Balaban J connectivity index is 1.70. The van der Waals surface area contributed by atoms with E-state index in [2.05, 4.69) is 92.4 Å². The number of Topliss-reactive ketones (excluding diaryl/α,β-unsaturated/α-hetero) is 1. The molecule has 0 aromatic rings. The Labute approximate surface area is 263 Å². The Morgan fingerprint density at radius 1 is 0.786 bits per heavy atom. The van der Waals surface area contributed by atoms with Gasteiger partial charge in [-0.3, -0.25) is 4.79 Å². The molecule has 0 bridgehead atoms. The monoisotopic (exact) mass is 654 g/mol. The molecule has 0 aromatic carbocycles. The average molecular weight is 655 g/mol. The van der Waals surface area contributed by atoms with E-state index >= 15 is 0 Å². The van der Waals surface area contributed by atoms with Crippen molar-refractivity contribution in [1.29, 1.82) is 0 Å². The van der Waals surface area contributed by atoms with Crippen molar-refractivity contribution >= 4 is 39.1 Å². The highest BCUT2D eigenvalue weighted by molar-refractivity contribution is 6.71. The normalized spacial score (nSPS) is 40.3. The minimum atomic E-state index is -2.00. The van der Waals surface area contributed by atoms with Crippen molar-refractivity contribution in [2.24, 2.45) is 34.5 Å². The number of carbonyl (C=O) groups excluding carboxylic acids is 1. The Morgan fingerprint density at radius 2 is 1.43 bits per heavy atom. The number of fused-ring (bicyclic) bond motifs is 5. The molecule has 244 valence electrons. The van der Waals surface area contributed by atoms with Crippen LogP contribution in [-0.2, 0) is 22.5 Å². The highest BCUT2D eigenvalue weighted by Crippen LogP contribution is 2.69. The van der Waals surface area contributed by atoms with E-state index in [1.165, 1.54) is 12.8 Å². The number of ketones is 1. The molecule has 4 rings (SSSR count). The third-order valence-corrected chi connectivity index (χ3v) is 15.2. The van der Waals surface area contributed by atoms with Crippen LogP contribution in [0.5, 0.6) is 0 Å². The van der Waals surface area contributed by atoms with Gasteiger partial charge in [0.2, 0.25) is 0 Å². The van der Waals surface area contributed by atoms with Crippen molar-refractivity contribution in [1.82, 2.24) is 0 Å². The van der Waals surface area contributed by atoms with E-state index in [-0.39, 0.29) is 22.9 Å². The molecular weight excluding hydrogens is 589 g/mol. The number of rotatable bonds is 10. The number of hydrogen-bond donors (Lipinski definition) is 0. The Hall–Kier alpha value is 0.378. The summed E-state index contributed by atoms with van der Waals surface area (Å²) < 4.78 is 27.9. The maximum absolute atomic E-state index is 14.7. The fraction of sp³-hybridized carbons (Fsp3) is 0.970. The summed E-state index contributed by atoms with van der Waals surface area (Å²) >= 11 is 0. The predicted molar refractivity (Wildman–Crippen MR) is 185 cm³/mol. The van der Waals surface area contributed by atoms with Crippen molar-refractivity contribution in [2.75, 3.05) is 6.61 Å². The van der Waals surface area contributed by atoms with E-state index in [0.717, 1.165) is 32.1 Å². The molecule has 0 heterocycles. The van der Waals surface area contributed by atoms with Crippen LogP contribution in [0.3, 0.4) is 0 Å². The van der Waals surface area contributed by atoms with Crippen LogP contribution in [-0.4, -0.2) is 63.5 Å². The molecule has 0 aliphatic heterocycles. The Kier molecular flexibility index (Phi) is 9.70. The van der Waals surface area contributed by atoms with Crippen LogP contribution in [0.25, 0.3) is 0 Å². The van der Waals surface area contributed by atoms with Crippen molar-refractivity contribution in [3.05, 3.63) is 0 Å². The van der Waals surface area contributed by atoms with Gasteiger partial charge in [-0.25, -0.2) is 0 Å². The Bertz CT molecular complexity index is 994. The second-order valence-corrected chi connectivity index (χ2v) is 36.9. The van der Waals surface area contributed by atoms with Crippen LogP contribution in [0.2, 0.25) is 78.6 Å². The summed E-state index contributed by atoms with van der Waals surface area (Å²) in [6.45, 7) is 33.0. The van der Waals surface area contributed by atoms with Gasteiger partial charge in [-0.1, -0.05) is 13.8 Å². The molecule has 0 radical (unpaired) electrons. The first kappa shape index (κ1) is 35.2. The summed E-state index contributed by atoms with van der Waals surface area (Å²) in [4.78, 5) is 14.7. The maximum Gasteiger partial charge on any atom is 0.184 e. The second kappa shape index (κ2) is 11.6. The molecule has 0 aromatic heterocycles. The number of carbonyl (C=O) groups is 1. The average Bonchev–Trinajstić information content (AvgIpc) is 3.05. The molecule has 0 spiro atoms. The van der Waals surface area contributed by atoms with Gasteiger partial charge in [-0.05, 0) is 147 Å². The molecule has 4 aliphatic carbocycles. The Morgan fingerprint density at radius 3 is 1.98 bits per heavy atom. The van der Waals surface area contributed by atoms with E-state index in [0.29, 0.717) is 42.7 Å². The predicted octanol–water partition coefficient (Wildman–Crippen LogP) is 9.09. The first-order chi connectivity index (χ1) is 18.9. The van der Waals surface area contributed by atoms with Crippen molar-refractivity contribution < 1.29 is 22.5 Å². The van der Waals surface area contributed by atoms with E-state index in [4.69, 9.17) is 17.7 Å². The quantitative estimate of drug-likeness (QED) is 0.220. The molecule has 0 saturated heterocycles. The molecule has 9 atom stereocenters. The summed E-state index contributed by atoms with van der Waals surface area (Å²) in [5, 5.41) is 0. The summed E-state index contributed by atoms with van der Waals surface area (Å²) in [7, 11) is -7.29. The van der Waals surface area contributed by atoms with Crippen LogP contribution < -0.4 is 0 Å². The first-order valence-electron chi connectivity index (χ1n) is 17.1. The van der Waals surface area contributed by atoms with Gasteiger partial charge in [0.15, 0.2) is 33.3 Å². The third kappa shape index (κ3) is 7.18. The summed E-state index contributed by atoms with van der Waals surface area (Å²) in [6, 6.07) is 0. The van der Waals surface area contributed by atoms with E-state index in [1.807, 2.05) is 0 Å². The largest absolute Gasteiger partial charge is 0.415 e. The fourth-order valence-corrected chi connectivity index (χ4v) is 14.5. The molecule has 0 N–H and O–H groups in total. The standard InChI is InChI=1S/C33H66O5Si4/c1-31-19-17-25(36-40(6,7)8)21-24(31)15-16-26-27-18-20-33(38-42(12,13)14,32(27,2)22-28(34)30(26)31)29(37-41(9,10)11)23-35-39(3,4)5/h24-27,29-30H,15-23H2,1-14H3/t24?,25-,26?,27?,29?,30?,31?,32?,33+/m1/s1. The smallest absolute Gasteiger partial charge is 0.184 e. The van der Waals surface area contributed by atoms with E-state index in [1.54, 1.807) is 0 Å². The van der Waals surface area contributed by atoms with Crippen molar-refractivity contribution in [2.45, 2.75) is 162 Å². The van der Waals surface area contributed by atoms with Crippen molar-refractivity contribution in [3.8, 4) is 0 Å². The van der Waals surface area contributed by atoms with Crippen molar-refractivity contribution in [3.63, 3.8) is 0 Å². The second-order valence-electron chi connectivity index (χ2n) is 19.0. The lowest BCUT2D eigenvalue weighted by Gasteiger charge is -2.62. The fourth-order valence-electron chi connectivity index (χ4n) is 9.99. The molecule has 9 heteroatoms. The van der Waals surface area contributed by atoms with Crippen LogP contribution >= 0.6 is 0 Å². The van der Waals surface area contributed by atoms with Gasteiger partial charge in [-0.15, -0.1) is 0 Å². The van der Waals surface area contributed by atoms with Gasteiger partial charge < -0.3 is 17.7 Å². The zero-order chi connectivity index (χ0) is 31.7. The van der Waals surface area contributed by atoms with Gasteiger partial charge in [0.25, 0.3) is 0 Å². The molecule has 4 saturated carbocycles. The van der Waals surface area contributed by atoms with E-state index in [9.17, 15) is 4.79 Å². The summed E-state index contributed by atoms with van der Waals surface area (Å²) in [5.41, 5.74) is -0.621. The van der Waals surface area contributed by atoms with Gasteiger partial charge in [-0.2, -0.15) is 0 Å². The van der Waals surface area contributed by atoms with Gasteiger partial charge >= 0.3 is 0 Å². The lowest BCUT2D eigenvalue weighted by Crippen LogP contribution is -2.67. The molecule has 5 nitrogen and oxygen atoms in total. The zero-order valence-electron chi connectivity index (χ0n) is 29.9. The molecular formula is C33H66O5Si4. The highest BCUT2D eigenvalue weighted by Gasteiger charge is 2.70. The molecule has 4 aliphatic rings. The van der Waals surface area contributed by atoms with Crippen LogP contribution in [0.4, 0.5) is 0 Å². The molecule has 42 heavy (non-hydrogen) atoms. The van der Waals surface area contributed by atoms with Gasteiger partial charge in [0.1, 0.15) is 5.78 Å². The first-order valence-corrected chi connectivity index (χ1v) is 30.7. The molecule has 0 amide bonds.